The number of halogens is 1. The Labute approximate surface area is 132 Å². The van der Waals surface area contributed by atoms with Crippen LogP contribution in [-0.4, -0.2) is 31.5 Å². The molecule has 2 saturated carbocycles. The lowest BCUT2D eigenvalue weighted by Gasteiger charge is -2.31. The molecule has 0 bridgehead atoms. The van der Waals surface area contributed by atoms with Crippen LogP contribution in [0.15, 0.2) is 0 Å². The molecule has 124 valence electrons. The maximum absolute atomic E-state index is 13.7. The van der Waals surface area contributed by atoms with Crippen molar-refractivity contribution in [1.82, 2.24) is 0 Å². The quantitative estimate of drug-likeness (QED) is 0.730. The van der Waals surface area contributed by atoms with Crippen molar-refractivity contribution < 1.29 is 18.7 Å². The summed E-state index contributed by atoms with van der Waals surface area (Å²) in [6, 6.07) is 1.99. The van der Waals surface area contributed by atoms with Crippen LogP contribution in [0.3, 0.4) is 0 Å². The Morgan fingerprint density at radius 2 is 1.95 bits per heavy atom. The Bertz CT molecular complexity index is 401. The van der Waals surface area contributed by atoms with Crippen LogP contribution in [0.1, 0.15) is 51.9 Å². The van der Waals surface area contributed by atoms with Crippen molar-refractivity contribution in [2.75, 3.05) is 13.2 Å². The Kier molecular flexibility index (Phi) is 6.63. The molecule has 0 aromatic heterocycles. The Balaban J connectivity index is 1.71. The van der Waals surface area contributed by atoms with Gasteiger partial charge in [0.2, 0.25) is 0 Å². The monoisotopic (exact) mass is 311 g/mol. The highest BCUT2D eigenvalue weighted by Crippen LogP contribution is 2.33. The number of rotatable bonds is 5. The van der Waals surface area contributed by atoms with Gasteiger partial charge in [0.25, 0.3) is 0 Å². The van der Waals surface area contributed by atoms with Crippen LogP contribution in [0.2, 0.25) is 0 Å². The zero-order chi connectivity index (χ0) is 15.9. The zero-order valence-electron chi connectivity index (χ0n) is 13.3. The third-order valence-electron chi connectivity index (χ3n) is 4.91. The zero-order valence-corrected chi connectivity index (χ0v) is 13.3. The van der Waals surface area contributed by atoms with E-state index in [9.17, 15) is 9.18 Å². The fourth-order valence-corrected chi connectivity index (χ4v) is 3.44. The lowest BCUT2D eigenvalue weighted by atomic mass is 9.82. The summed E-state index contributed by atoms with van der Waals surface area (Å²) >= 11 is 0. The molecular formula is C17H26FNO3. The molecule has 2 aliphatic rings. The number of hydrogen-bond donors (Lipinski definition) is 0. The first-order valence-corrected chi connectivity index (χ1v) is 8.46. The fraction of sp³-hybridized carbons (Fsp3) is 0.882. The maximum Gasteiger partial charge on any atom is 0.309 e. The lowest BCUT2D eigenvalue weighted by molar-refractivity contribution is -0.158. The molecule has 0 aromatic rings. The molecule has 5 heteroatoms. The molecule has 0 radical (unpaired) electrons. The highest BCUT2D eigenvalue weighted by atomic mass is 19.1. The number of carbonyl (C=O) groups is 1. The van der Waals surface area contributed by atoms with Crippen molar-refractivity contribution >= 4 is 5.97 Å². The molecule has 2 fully saturated rings. The predicted molar refractivity (Wildman–Crippen MR) is 79.7 cm³/mol. The molecule has 3 atom stereocenters. The summed E-state index contributed by atoms with van der Waals surface area (Å²) in [5, 5.41) is 8.81. The summed E-state index contributed by atoms with van der Waals surface area (Å²) in [7, 11) is 0. The largest absolute Gasteiger partial charge is 0.462 e. The summed E-state index contributed by atoms with van der Waals surface area (Å²) in [5.41, 5.74) is 0. The maximum atomic E-state index is 13.7. The number of nitrogens with zero attached hydrogens (tertiary/aromatic N) is 1. The van der Waals surface area contributed by atoms with Crippen LogP contribution >= 0.6 is 0 Å². The first-order chi connectivity index (χ1) is 10.6. The van der Waals surface area contributed by atoms with Gasteiger partial charge < -0.3 is 9.47 Å². The molecule has 0 spiro atoms. The topological polar surface area (TPSA) is 59.3 Å². The molecule has 0 N–H and O–H groups in total. The second-order valence-electron chi connectivity index (χ2n) is 6.50. The summed E-state index contributed by atoms with van der Waals surface area (Å²) in [6.07, 6.45) is 3.39. The van der Waals surface area contributed by atoms with Crippen molar-refractivity contribution in [1.29, 1.82) is 5.26 Å². The molecule has 0 aromatic carbocycles. The van der Waals surface area contributed by atoms with E-state index >= 15 is 0 Å². The normalized spacial score (nSPS) is 35.6. The summed E-state index contributed by atoms with van der Waals surface area (Å²) in [4.78, 5) is 12.2. The van der Waals surface area contributed by atoms with Gasteiger partial charge in [-0.25, -0.2) is 4.39 Å². The van der Waals surface area contributed by atoms with E-state index in [1.165, 1.54) is 0 Å². The first kappa shape index (κ1) is 17.2. The van der Waals surface area contributed by atoms with Crippen molar-refractivity contribution in [3.63, 3.8) is 0 Å². The first-order valence-electron chi connectivity index (χ1n) is 8.46. The third-order valence-corrected chi connectivity index (χ3v) is 4.91. The minimum absolute atomic E-state index is 0.0513. The lowest BCUT2D eigenvalue weighted by Crippen LogP contribution is -2.34. The van der Waals surface area contributed by atoms with Gasteiger partial charge in [0, 0.05) is 19.6 Å². The Hall–Kier alpha value is -1.15. The van der Waals surface area contributed by atoms with E-state index in [1.807, 2.05) is 13.0 Å². The number of nitriles is 1. The summed E-state index contributed by atoms with van der Waals surface area (Å²) < 4.78 is 24.7. The van der Waals surface area contributed by atoms with Crippen molar-refractivity contribution in [3.8, 4) is 6.07 Å². The van der Waals surface area contributed by atoms with Gasteiger partial charge in [-0.05, 0) is 51.4 Å². The van der Waals surface area contributed by atoms with Crippen LogP contribution in [0.5, 0.6) is 0 Å². The highest BCUT2D eigenvalue weighted by Gasteiger charge is 2.34. The number of hydrogen-bond acceptors (Lipinski definition) is 4. The second kappa shape index (κ2) is 8.47. The average Bonchev–Trinajstić information content (AvgIpc) is 2.53. The van der Waals surface area contributed by atoms with E-state index in [2.05, 4.69) is 0 Å². The SMILES string of the molecule is CCOCC1CCC(C(=O)OC2CCC(C#N)C(F)C2)CC1. The second-order valence-corrected chi connectivity index (χ2v) is 6.50. The standard InChI is InChI=1S/C17H26FNO3/c1-2-21-11-12-3-5-13(6-4-12)17(20)22-15-8-7-14(10-19)16(18)9-15/h12-16H,2-9,11H2,1H3. The van der Waals surface area contributed by atoms with E-state index < -0.39 is 12.1 Å². The molecule has 2 rings (SSSR count). The van der Waals surface area contributed by atoms with Gasteiger partial charge in [-0.1, -0.05) is 0 Å². The van der Waals surface area contributed by atoms with Gasteiger partial charge in [-0.3, -0.25) is 4.79 Å². The number of carbonyl (C=O) groups excluding carboxylic acids is 1. The van der Waals surface area contributed by atoms with Crippen LogP contribution in [0.25, 0.3) is 0 Å². The number of ether oxygens (including phenoxy) is 2. The Morgan fingerprint density at radius 3 is 2.55 bits per heavy atom. The van der Waals surface area contributed by atoms with Gasteiger partial charge in [0.15, 0.2) is 0 Å². The van der Waals surface area contributed by atoms with Gasteiger partial charge in [-0.2, -0.15) is 5.26 Å². The minimum Gasteiger partial charge on any atom is -0.462 e. The van der Waals surface area contributed by atoms with Crippen LogP contribution in [-0.2, 0) is 14.3 Å². The molecule has 0 aliphatic heterocycles. The van der Waals surface area contributed by atoms with Crippen LogP contribution < -0.4 is 0 Å². The third kappa shape index (κ3) is 4.67. The van der Waals surface area contributed by atoms with Crippen LogP contribution in [0, 0.1) is 29.1 Å². The fourth-order valence-electron chi connectivity index (χ4n) is 3.44. The summed E-state index contributed by atoms with van der Waals surface area (Å²) in [6.45, 7) is 3.50. The van der Waals surface area contributed by atoms with Gasteiger partial charge in [-0.15, -0.1) is 0 Å². The van der Waals surface area contributed by atoms with E-state index in [-0.39, 0.29) is 24.4 Å². The molecule has 3 unspecified atom stereocenters. The van der Waals surface area contributed by atoms with Crippen molar-refractivity contribution in [2.45, 2.75) is 64.1 Å². The number of alkyl halides is 1. The van der Waals surface area contributed by atoms with Gasteiger partial charge in [0.1, 0.15) is 12.3 Å². The molecule has 0 saturated heterocycles. The molecule has 22 heavy (non-hydrogen) atoms. The van der Waals surface area contributed by atoms with Crippen molar-refractivity contribution in [3.05, 3.63) is 0 Å². The average molecular weight is 311 g/mol. The van der Waals surface area contributed by atoms with E-state index in [0.29, 0.717) is 18.8 Å². The molecule has 2 aliphatic carbocycles. The van der Waals surface area contributed by atoms with Gasteiger partial charge >= 0.3 is 5.97 Å². The van der Waals surface area contributed by atoms with Crippen molar-refractivity contribution in [2.24, 2.45) is 17.8 Å². The highest BCUT2D eigenvalue weighted by molar-refractivity contribution is 5.72. The van der Waals surface area contributed by atoms with Crippen LogP contribution in [0.4, 0.5) is 4.39 Å². The smallest absolute Gasteiger partial charge is 0.309 e. The minimum atomic E-state index is -1.17. The van der Waals surface area contributed by atoms with E-state index in [1.54, 1.807) is 0 Å². The van der Waals surface area contributed by atoms with E-state index in [4.69, 9.17) is 14.7 Å². The molecule has 0 heterocycles. The molecule has 0 amide bonds. The number of esters is 1. The summed E-state index contributed by atoms with van der Waals surface area (Å²) in [5.74, 6) is -0.221. The molecule has 4 nitrogen and oxygen atoms in total. The Morgan fingerprint density at radius 1 is 1.23 bits per heavy atom. The predicted octanol–water partition coefficient (Wildman–Crippen LogP) is 3.40. The van der Waals surface area contributed by atoms with Gasteiger partial charge in [0.05, 0.1) is 17.9 Å². The van der Waals surface area contributed by atoms with E-state index in [0.717, 1.165) is 38.9 Å². The molecular weight excluding hydrogens is 285 g/mol.